The normalized spacial score (nSPS) is 12.8. The van der Waals surface area contributed by atoms with E-state index in [0.29, 0.717) is 5.56 Å². The Morgan fingerprint density at radius 2 is 1.45 bits per heavy atom. The van der Waals surface area contributed by atoms with E-state index in [1.807, 2.05) is 0 Å². The van der Waals surface area contributed by atoms with Crippen molar-refractivity contribution in [3.05, 3.63) is 46.0 Å². The molecule has 3 N–H and O–H groups in total. The average molecular weight is 300 g/mol. The van der Waals surface area contributed by atoms with E-state index in [4.69, 9.17) is 4.74 Å². The maximum absolute atomic E-state index is 12.6. The third kappa shape index (κ3) is 1.67. The van der Waals surface area contributed by atoms with Gasteiger partial charge in [-0.05, 0) is 24.6 Å². The molecule has 0 heterocycles. The fourth-order valence-electron chi connectivity index (χ4n) is 2.58. The third-order valence-electron chi connectivity index (χ3n) is 3.74. The first-order chi connectivity index (χ1) is 10.4. The molecule has 0 fully saturated rings. The highest BCUT2D eigenvalue weighted by molar-refractivity contribution is 6.30. The van der Waals surface area contributed by atoms with Crippen LogP contribution >= 0.6 is 0 Å². The first-order valence-corrected chi connectivity index (χ1v) is 6.42. The predicted molar refractivity (Wildman–Crippen MR) is 76.0 cm³/mol. The molecule has 0 atom stereocenters. The molecule has 0 aliphatic heterocycles. The van der Waals surface area contributed by atoms with Gasteiger partial charge in [-0.15, -0.1) is 0 Å². The number of carbonyl (C=O) groups excluding carboxylic acids is 2. The molecular formula is C16H12O6. The molecule has 0 amide bonds. The fraction of sp³-hybridized carbons (Fsp3) is 0.125. The Labute approximate surface area is 125 Å². The molecular weight excluding hydrogens is 288 g/mol. The molecule has 6 nitrogen and oxygen atoms in total. The van der Waals surface area contributed by atoms with Crippen molar-refractivity contribution in [3.63, 3.8) is 0 Å². The van der Waals surface area contributed by atoms with Gasteiger partial charge in [0.1, 0.15) is 11.5 Å². The van der Waals surface area contributed by atoms with Crippen LogP contribution in [0, 0.1) is 6.92 Å². The number of hydrogen-bond acceptors (Lipinski definition) is 6. The van der Waals surface area contributed by atoms with E-state index in [2.05, 4.69) is 0 Å². The van der Waals surface area contributed by atoms with Crippen LogP contribution in [-0.4, -0.2) is 34.0 Å². The minimum absolute atomic E-state index is 0.0135. The standard InChI is InChI=1S/C16H12O6/c1-6-3-7-8(4-9(6)17)14(19)12-10(18)5-11(22-2)16(21)13(12)15(7)20/h3-5,17-18,21H,1-2H3. The van der Waals surface area contributed by atoms with E-state index in [1.165, 1.54) is 19.2 Å². The molecule has 2 aromatic carbocycles. The van der Waals surface area contributed by atoms with Crippen LogP contribution in [0.15, 0.2) is 18.2 Å². The van der Waals surface area contributed by atoms with Crippen molar-refractivity contribution in [1.82, 2.24) is 0 Å². The smallest absolute Gasteiger partial charge is 0.198 e. The Balaban J connectivity index is 2.38. The summed E-state index contributed by atoms with van der Waals surface area (Å²) in [5.74, 6) is -2.44. The Bertz CT molecular complexity index is 850. The summed E-state index contributed by atoms with van der Waals surface area (Å²) in [6, 6.07) is 3.64. The lowest BCUT2D eigenvalue weighted by Crippen LogP contribution is -2.21. The molecule has 0 aromatic heterocycles. The number of aryl methyl sites for hydroxylation is 1. The largest absolute Gasteiger partial charge is 0.508 e. The Kier molecular flexibility index (Phi) is 2.84. The van der Waals surface area contributed by atoms with Crippen molar-refractivity contribution in [2.24, 2.45) is 0 Å². The van der Waals surface area contributed by atoms with Crippen molar-refractivity contribution in [2.45, 2.75) is 6.92 Å². The number of ether oxygens (including phenoxy) is 1. The number of fused-ring (bicyclic) bond motifs is 2. The molecule has 3 rings (SSSR count). The summed E-state index contributed by atoms with van der Waals surface area (Å²) in [4.78, 5) is 25.1. The molecule has 1 aliphatic carbocycles. The van der Waals surface area contributed by atoms with E-state index in [1.54, 1.807) is 6.92 Å². The number of ketones is 2. The van der Waals surface area contributed by atoms with Crippen LogP contribution in [0.25, 0.3) is 0 Å². The Hall–Kier alpha value is -3.02. The molecule has 0 saturated carbocycles. The number of rotatable bonds is 1. The van der Waals surface area contributed by atoms with E-state index in [-0.39, 0.29) is 33.8 Å². The second-order valence-corrected chi connectivity index (χ2v) is 5.04. The van der Waals surface area contributed by atoms with Crippen molar-refractivity contribution < 1.29 is 29.6 Å². The summed E-state index contributed by atoms with van der Waals surface area (Å²) in [6.07, 6.45) is 0. The van der Waals surface area contributed by atoms with E-state index < -0.39 is 23.1 Å². The van der Waals surface area contributed by atoms with Gasteiger partial charge in [0.05, 0.1) is 18.2 Å². The van der Waals surface area contributed by atoms with Crippen molar-refractivity contribution in [2.75, 3.05) is 7.11 Å². The number of phenolic OH excluding ortho intramolecular Hbond substituents is 3. The van der Waals surface area contributed by atoms with Gasteiger partial charge in [0.25, 0.3) is 0 Å². The summed E-state index contributed by atoms with van der Waals surface area (Å²) >= 11 is 0. The van der Waals surface area contributed by atoms with Crippen LogP contribution in [-0.2, 0) is 0 Å². The van der Waals surface area contributed by atoms with E-state index in [0.717, 1.165) is 6.07 Å². The Morgan fingerprint density at radius 1 is 0.864 bits per heavy atom. The molecule has 1 aliphatic rings. The molecule has 2 aromatic rings. The van der Waals surface area contributed by atoms with Gasteiger partial charge in [-0.2, -0.15) is 0 Å². The summed E-state index contributed by atoms with van der Waals surface area (Å²) in [7, 11) is 1.27. The second kappa shape index (κ2) is 4.49. The topological polar surface area (TPSA) is 104 Å². The molecule has 0 radical (unpaired) electrons. The zero-order chi connectivity index (χ0) is 16.2. The quantitative estimate of drug-likeness (QED) is 0.593. The summed E-state index contributed by atoms with van der Waals surface area (Å²) in [5.41, 5.74) is -0.107. The SMILES string of the molecule is COc1cc(O)c2c(c1O)C(=O)c1cc(C)c(O)cc1C2=O. The van der Waals surface area contributed by atoms with Gasteiger partial charge in [0.15, 0.2) is 23.1 Å². The first-order valence-electron chi connectivity index (χ1n) is 6.42. The fourth-order valence-corrected chi connectivity index (χ4v) is 2.58. The number of hydrogen-bond donors (Lipinski definition) is 3. The zero-order valence-corrected chi connectivity index (χ0v) is 11.8. The lowest BCUT2D eigenvalue weighted by Gasteiger charge is -2.21. The number of carbonyl (C=O) groups is 2. The summed E-state index contributed by atoms with van der Waals surface area (Å²) in [5, 5.41) is 29.9. The molecule has 112 valence electrons. The third-order valence-corrected chi connectivity index (χ3v) is 3.74. The van der Waals surface area contributed by atoms with Crippen LogP contribution in [0.2, 0.25) is 0 Å². The Morgan fingerprint density at radius 3 is 2.09 bits per heavy atom. The highest BCUT2D eigenvalue weighted by Gasteiger charge is 2.36. The molecule has 0 unspecified atom stereocenters. The maximum Gasteiger partial charge on any atom is 0.198 e. The number of aromatic hydroxyl groups is 3. The molecule has 0 spiro atoms. The number of benzene rings is 2. The molecule has 0 saturated heterocycles. The molecule has 22 heavy (non-hydrogen) atoms. The van der Waals surface area contributed by atoms with Crippen LogP contribution in [0.1, 0.15) is 37.4 Å². The van der Waals surface area contributed by atoms with Crippen LogP contribution in [0.3, 0.4) is 0 Å². The summed E-state index contributed by atoms with van der Waals surface area (Å²) in [6.45, 7) is 1.59. The van der Waals surface area contributed by atoms with Crippen molar-refractivity contribution in [1.29, 1.82) is 0 Å². The van der Waals surface area contributed by atoms with Crippen LogP contribution in [0.5, 0.6) is 23.0 Å². The highest BCUT2D eigenvalue weighted by Crippen LogP contribution is 2.44. The first kappa shape index (κ1) is 13.9. The van der Waals surface area contributed by atoms with Gasteiger partial charge in [-0.1, -0.05) is 0 Å². The van der Waals surface area contributed by atoms with Gasteiger partial charge < -0.3 is 20.1 Å². The van der Waals surface area contributed by atoms with Gasteiger partial charge in [0.2, 0.25) is 0 Å². The number of methoxy groups -OCH3 is 1. The van der Waals surface area contributed by atoms with E-state index >= 15 is 0 Å². The molecule has 6 heteroatoms. The predicted octanol–water partition coefficient (Wildman–Crippen LogP) is 1.90. The lowest BCUT2D eigenvalue weighted by molar-refractivity contribution is 0.0973. The van der Waals surface area contributed by atoms with Crippen LogP contribution in [0.4, 0.5) is 0 Å². The minimum Gasteiger partial charge on any atom is -0.508 e. The van der Waals surface area contributed by atoms with Crippen molar-refractivity contribution in [3.8, 4) is 23.0 Å². The lowest BCUT2D eigenvalue weighted by atomic mass is 9.82. The highest BCUT2D eigenvalue weighted by atomic mass is 16.5. The molecule has 0 bridgehead atoms. The van der Waals surface area contributed by atoms with Gasteiger partial charge in [-0.25, -0.2) is 0 Å². The monoisotopic (exact) mass is 300 g/mol. The van der Waals surface area contributed by atoms with Gasteiger partial charge >= 0.3 is 0 Å². The van der Waals surface area contributed by atoms with Gasteiger partial charge in [0, 0.05) is 17.2 Å². The minimum atomic E-state index is -0.643. The number of phenols is 3. The van der Waals surface area contributed by atoms with Gasteiger partial charge in [-0.3, -0.25) is 9.59 Å². The second-order valence-electron chi connectivity index (χ2n) is 5.04. The average Bonchev–Trinajstić information content (AvgIpc) is 2.48. The van der Waals surface area contributed by atoms with E-state index in [9.17, 15) is 24.9 Å². The maximum atomic E-state index is 12.6. The van der Waals surface area contributed by atoms with Crippen molar-refractivity contribution >= 4 is 11.6 Å². The summed E-state index contributed by atoms with van der Waals surface area (Å²) < 4.78 is 4.89. The van der Waals surface area contributed by atoms with Crippen LogP contribution < -0.4 is 4.74 Å². The zero-order valence-electron chi connectivity index (χ0n) is 11.8.